The number of phenolic OH excluding ortho intramolecular Hbond substituents is 1. The third-order valence-corrected chi connectivity index (χ3v) is 6.60. The normalized spacial score (nSPS) is 17.1. The van der Waals surface area contributed by atoms with Crippen LogP contribution in [-0.2, 0) is 19.4 Å². The quantitative estimate of drug-likeness (QED) is 0.571. The molecule has 0 saturated carbocycles. The van der Waals surface area contributed by atoms with Crippen LogP contribution >= 0.6 is 0 Å². The molecule has 0 amide bonds. The number of fused-ring (bicyclic) bond motifs is 2. The molecule has 7 nitrogen and oxygen atoms in total. The Kier molecular flexibility index (Phi) is 5.28. The number of phenols is 1. The average Bonchev–Trinajstić information content (AvgIpc) is 3.22. The van der Waals surface area contributed by atoms with E-state index < -0.39 is 17.4 Å². The SMILES string of the molecule is Cc1c2c(nc3nc(NC4CCN(Cc5cc(F)cc(F)c5O)CC4)nc(N)c13)CCC2. The predicted molar refractivity (Wildman–Crippen MR) is 118 cm³/mol. The lowest BCUT2D eigenvalue weighted by molar-refractivity contribution is 0.208. The summed E-state index contributed by atoms with van der Waals surface area (Å²) in [5.41, 5.74) is 10.7. The molecule has 0 bridgehead atoms. The maximum atomic E-state index is 13.6. The van der Waals surface area contributed by atoms with E-state index in [0.717, 1.165) is 48.7 Å². The smallest absolute Gasteiger partial charge is 0.226 e. The second kappa shape index (κ2) is 8.12. The van der Waals surface area contributed by atoms with Gasteiger partial charge in [-0.2, -0.15) is 9.97 Å². The third-order valence-electron chi connectivity index (χ3n) is 6.60. The molecule has 5 rings (SSSR count). The van der Waals surface area contributed by atoms with Gasteiger partial charge in [-0.05, 0) is 56.2 Å². The summed E-state index contributed by atoms with van der Waals surface area (Å²) in [5.74, 6) is -1.19. The van der Waals surface area contributed by atoms with E-state index in [1.54, 1.807) is 0 Å². The third kappa shape index (κ3) is 3.81. The van der Waals surface area contributed by atoms with E-state index in [2.05, 4.69) is 27.1 Å². The summed E-state index contributed by atoms with van der Waals surface area (Å²) in [5, 5.41) is 14.1. The van der Waals surface area contributed by atoms with Gasteiger partial charge in [-0.15, -0.1) is 0 Å². The van der Waals surface area contributed by atoms with Crippen molar-refractivity contribution in [3.63, 3.8) is 0 Å². The molecule has 0 unspecified atom stereocenters. The van der Waals surface area contributed by atoms with Crippen molar-refractivity contribution in [1.29, 1.82) is 0 Å². The van der Waals surface area contributed by atoms with E-state index in [1.165, 1.54) is 11.6 Å². The highest BCUT2D eigenvalue weighted by Crippen LogP contribution is 2.32. The molecule has 0 radical (unpaired) electrons. The number of aromatic nitrogens is 3. The molecule has 3 aromatic rings. The highest BCUT2D eigenvalue weighted by Gasteiger charge is 2.24. The van der Waals surface area contributed by atoms with Crippen molar-refractivity contribution in [2.45, 2.75) is 51.6 Å². The molecule has 4 N–H and O–H groups in total. The van der Waals surface area contributed by atoms with Crippen molar-refractivity contribution in [3.05, 3.63) is 46.2 Å². The van der Waals surface area contributed by atoms with Gasteiger partial charge in [-0.25, -0.2) is 13.8 Å². The maximum Gasteiger partial charge on any atom is 0.226 e. The minimum Gasteiger partial charge on any atom is -0.505 e. The van der Waals surface area contributed by atoms with Gasteiger partial charge in [-0.1, -0.05) is 0 Å². The molecule has 2 aliphatic rings. The lowest BCUT2D eigenvalue weighted by Gasteiger charge is -2.32. The molecule has 0 atom stereocenters. The van der Waals surface area contributed by atoms with Crippen molar-refractivity contribution in [3.8, 4) is 5.75 Å². The van der Waals surface area contributed by atoms with Gasteiger partial charge < -0.3 is 16.2 Å². The fourth-order valence-corrected chi connectivity index (χ4v) is 4.90. The van der Waals surface area contributed by atoms with Crippen LogP contribution in [0, 0.1) is 18.6 Å². The van der Waals surface area contributed by atoms with Crippen molar-refractivity contribution < 1.29 is 13.9 Å². The molecule has 3 heterocycles. The molecule has 1 aliphatic heterocycles. The summed E-state index contributed by atoms with van der Waals surface area (Å²) in [7, 11) is 0. The van der Waals surface area contributed by atoms with Gasteiger partial charge in [0.2, 0.25) is 5.95 Å². The van der Waals surface area contributed by atoms with Gasteiger partial charge >= 0.3 is 0 Å². The second-order valence-electron chi connectivity index (χ2n) is 8.74. The molecule has 1 aromatic carbocycles. The van der Waals surface area contributed by atoms with Gasteiger partial charge in [0.05, 0.1) is 5.39 Å². The largest absolute Gasteiger partial charge is 0.505 e. The minimum atomic E-state index is -0.933. The number of rotatable bonds is 4. The van der Waals surface area contributed by atoms with Crippen LogP contribution in [-0.4, -0.2) is 44.1 Å². The van der Waals surface area contributed by atoms with E-state index in [9.17, 15) is 13.9 Å². The standard InChI is InChI=1S/C23H26F2N6O/c1-12-16-3-2-4-18(16)28-22-19(12)21(26)29-23(30-22)27-15-5-7-31(8-6-15)11-13-9-14(24)10-17(25)20(13)32/h9-10,15,32H,2-8,11H2,1H3,(H3,26,27,28,29,30). The first-order valence-electron chi connectivity index (χ1n) is 11.0. The maximum absolute atomic E-state index is 13.6. The number of hydrogen-bond donors (Lipinski definition) is 3. The highest BCUT2D eigenvalue weighted by molar-refractivity contribution is 5.90. The number of hydrogen-bond acceptors (Lipinski definition) is 7. The molecule has 2 aromatic heterocycles. The van der Waals surface area contributed by atoms with Crippen molar-refractivity contribution in [2.75, 3.05) is 24.1 Å². The number of likely N-dealkylation sites (tertiary alicyclic amines) is 1. The Balaban J connectivity index is 1.27. The zero-order valence-electron chi connectivity index (χ0n) is 18.0. The summed E-state index contributed by atoms with van der Waals surface area (Å²) in [6, 6.07) is 2.02. The van der Waals surface area contributed by atoms with Gasteiger partial charge in [0, 0.05) is 43.0 Å². The van der Waals surface area contributed by atoms with E-state index in [4.69, 9.17) is 10.7 Å². The zero-order valence-corrected chi connectivity index (χ0v) is 18.0. The lowest BCUT2D eigenvalue weighted by Crippen LogP contribution is -2.39. The van der Waals surface area contributed by atoms with Gasteiger partial charge in [0.15, 0.2) is 17.2 Å². The number of aromatic hydroxyl groups is 1. The number of nitrogens with zero attached hydrogens (tertiary/aromatic N) is 4. The predicted octanol–water partition coefficient (Wildman–Crippen LogP) is 3.46. The number of nitrogens with one attached hydrogen (secondary N) is 1. The zero-order chi connectivity index (χ0) is 22.4. The van der Waals surface area contributed by atoms with Crippen LogP contribution in [0.25, 0.3) is 11.0 Å². The topological polar surface area (TPSA) is 100 Å². The molecule has 0 spiro atoms. The lowest BCUT2D eigenvalue weighted by atomic mass is 10.0. The fraction of sp³-hybridized carbons (Fsp3) is 0.435. The monoisotopic (exact) mass is 440 g/mol. The molecule has 32 heavy (non-hydrogen) atoms. The number of aryl methyl sites for hydroxylation is 2. The Hall–Kier alpha value is -3.07. The Morgan fingerprint density at radius 3 is 2.72 bits per heavy atom. The van der Waals surface area contributed by atoms with Crippen LogP contribution in [0.5, 0.6) is 5.75 Å². The Bertz CT molecular complexity index is 1190. The van der Waals surface area contributed by atoms with Gasteiger partial charge in [-0.3, -0.25) is 4.90 Å². The van der Waals surface area contributed by atoms with Crippen LogP contribution < -0.4 is 11.1 Å². The summed E-state index contributed by atoms with van der Waals surface area (Å²) < 4.78 is 27.1. The van der Waals surface area contributed by atoms with E-state index in [0.29, 0.717) is 43.1 Å². The van der Waals surface area contributed by atoms with Crippen LogP contribution in [0.4, 0.5) is 20.5 Å². The summed E-state index contributed by atoms with van der Waals surface area (Å²) in [6.45, 7) is 3.78. The highest BCUT2D eigenvalue weighted by atomic mass is 19.1. The first-order chi connectivity index (χ1) is 15.4. The molecular weight excluding hydrogens is 414 g/mol. The Morgan fingerprint density at radius 2 is 1.94 bits per heavy atom. The van der Waals surface area contributed by atoms with E-state index in [-0.39, 0.29) is 11.6 Å². The molecule has 9 heteroatoms. The number of halogens is 2. The van der Waals surface area contributed by atoms with Crippen molar-refractivity contribution in [1.82, 2.24) is 19.9 Å². The number of benzene rings is 1. The first-order valence-corrected chi connectivity index (χ1v) is 11.0. The molecule has 1 fully saturated rings. The number of nitrogen functional groups attached to an aromatic ring is 1. The van der Waals surface area contributed by atoms with E-state index in [1.807, 2.05) is 0 Å². The van der Waals surface area contributed by atoms with Crippen LogP contribution in [0.15, 0.2) is 12.1 Å². The number of piperidine rings is 1. The summed E-state index contributed by atoms with van der Waals surface area (Å²) >= 11 is 0. The molecule has 1 aliphatic carbocycles. The van der Waals surface area contributed by atoms with E-state index >= 15 is 0 Å². The molecule has 1 saturated heterocycles. The second-order valence-corrected chi connectivity index (χ2v) is 8.74. The molecular formula is C23H26F2N6O. The van der Waals surface area contributed by atoms with Gasteiger partial charge in [0.25, 0.3) is 0 Å². The number of pyridine rings is 1. The first kappa shape index (κ1) is 20.8. The summed E-state index contributed by atoms with van der Waals surface area (Å²) in [6.07, 6.45) is 4.72. The van der Waals surface area contributed by atoms with Crippen molar-refractivity contribution in [2.24, 2.45) is 0 Å². The number of nitrogens with two attached hydrogens (primary N) is 1. The van der Waals surface area contributed by atoms with Crippen molar-refractivity contribution >= 4 is 22.8 Å². The van der Waals surface area contributed by atoms with Gasteiger partial charge in [0.1, 0.15) is 11.6 Å². The average molecular weight is 440 g/mol. The van der Waals surface area contributed by atoms with Crippen LogP contribution in [0.2, 0.25) is 0 Å². The molecule has 168 valence electrons. The van der Waals surface area contributed by atoms with Crippen LogP contribution in [0.1, 0.15) is 41.6 Å². The van der Waals surface area contributed by atoms with Crippen LogP contribution in [0.3, 0.4) is 0 Å². The minimum absolute atomic E-state index is 0.150. The fourth-order valence-electron chi connectivity index (χ4n) is 4.90. The number of anilines is 2. The Labute approximate surface area is 184 Å². The summed E-state index contributed by atoms with van der Waals surface area (Å²) in [4.78, 5) is 15.9. The Morgan fingerprint density at radius 1 is 1.16 bits per heavy atom.